The van der Waals surface area contributed by atoms with Gasteiger partial charge in [0.15, 0.2) is 12.2 Å². The lowest BCUT2D eigenvalue weighted by Gasteiger charge is -2.21. The molecule has 2 unspecified atom stereocenters. The number of hydrogen-bond acceptors (Lipinski definition) is 15. The van der Waals surface area contributed by atoms with Crippen molar-refractivity contribution in [3.05, 3.63) is 72.9 Å². The van der Waals surface area contributed by atoms with Crippen LogP contribution in [0.3, 0.4) is 0 Å². The van der Waals surface area contributed by atoms with E-state index in [0.717, 1.165) is 135 Å². The van der Waals surface area contributed by atoms with E-state index in [-0.39, 0.29) is 25.7 Å². The number of allylic oxidation sites excluding steroid dienone is 12. The second-order valence-corrected chi connectivity index (χ2v) is 31.3. The molecule has 0 aliphatic heterocycles. The summed E-state index contributed by atoms with van der Waals surface area (Å²) >= 11 is 0. The summed E-state index contributed by atoms with van der Waals surface area (Å²) in [6.07, 6.45) is 80.1. The Bertz CT molecular complexity index is 2250. The molecular formula is C85H154O17P2. The van der Waals surface area contributed by atoms with Gasteiger partial charge >= 0.3 is 39.5 Å². The number of carbonyl (C=O) groups is 4. The van der Waals surface area contributed by atoms with Crippen LogP contribution in [0.15, 0.2) is 72.9 Å². The molecule has 0 saturated heterocycles. The largest absolute Gasteiger partial charge is 0.472 e. The molecule has 0 aromatic rings. The Balaban J connectivity index is 5.37. The molecule has 0 radical (unpaired) electrons. The fraction of sp³-hybridized carbons (Fsp3) is 0.812. The van der Waals surface area contributed by atoms with Gasteiger partial charge < -0.3 is 33.8 Å². The molecule has 17 nitrogen and oxygen atoms in total. The van der Waals surface area contributed by atoms with Crippen LogP contribution in [-0.2, 0) is 65.4 Å². The molecule has 104 heavy (non-hydrogen) atoms. The van der Waals surface area contributed by atoms with E-state index in [9.17, 15) is 43.2 Å². The lowest BCUT2D eigenvalue weighted by atomic mass is 10.0. The highest BCUT2D eigenvalue weighted by atomic mass is 31.2. The normalized spacial score (nSPS) is 14.2. The number of esters is 4. The summed E-state index contributed by atoms with van der Waals surface area (Å²) in [6, 6.07) is 0. The van der Waals surface area contributed by atoms with Crippen LogP contribution in [-0.4, -0.2) is 96.7 Å². The van der Waals surface area contributed by atoms with Crippen molar-refractivity contribution in [2.45, 2.75) is 406 Å². The van der Waals surface area contributed by atoms with Gasteiger partial charge in [0.05, 0.1) is 26.4 Å². The zero-order chi connectivity index (χ0) is 76.0. The lowest BCUT2D eigenvalue weighted by Crippen LogP contribution is -2.30. The van der Waals surface area contributed by atoms with Gasteiger partial charge in [-0.3, -0.25) is 37.3 Å². The predicted molar refractivity (Wildman–Crippen MR) is 427 cm³/mol. The second-order valence-electron chi connectivity index (χ2n) is 28.4. The summed E-state index contributed by atoms with van der Waals surface area (Å²) in [5.41, 5.74) is 0. The van der Waals surface area contributed by atoms with E-state index in [0.29, 0.717) is 25.7 Å². The molecule has 0 saturated carbocycles. The minimum atomic E-state index is -4.99. The van der Waals surface area contributed by atoms with E-state index < -0.39 is 97.5 Å². The number of phosphoric acid groups is 2. The van der Waals surface area contributed by atoms with Crippen LogP contribution < -0.4 is 0 Å². The maximum atomic E-state index is 13.1. The minimum absolute atomic E-state index is 0.0569. The van der Waals surface area contributed by atoms with Crippen LogP contribution in [0, 0.1) is 0 Å². The van der Waals surface area contributed by atoms with Crippen molar-refractivity contribution in [2.24, 2.45) is 0 Å². The number of rotatable bonds is 80. The van der Waals surface area contributed by atoms with Crippen LogP contribution in [0.25, 0.3) is 0 Å². The molecule has 19 heteroatoms. The van der Waals surface area contributed by atoms with E-state index in [4.69, 9.17) is 37.0 Å². The molecule has 0 bridgehead atoms. The molecule has 0 aromatic heterocycles. The van der Waals surface area contributed by atoms with Gasteiger partial charge in [0.25, 0.3) is 0 Å². The Kier molecular flexibility index (Phi) is 75.0. The molecular weight excluding hydrogens is 1350 g/mol. The molecule has 3 N–H and O–H groups in total. The van der Waals surface area contributed by atoms with Gasteiger partial charge in [-0.1, -0.05) is 338 Å². The highest BCUT2D eigenvalue weighted by molar-refractivity contribution is 7.47. The van der Waals surface area contributed by atoms with Crippen molar-refractivity contribution in [3.63, 3.8) is 0 Å². The van der Waals surface area contributed by atoms with Crippen LogP contribution in [0.2, 0.25) is 0 Å². The molecule has 0 fully saturated rings. The van der Waals surface area contributed by atoms with Gasteiger partial charge in [-0.05, 0) is 96.3 Å². The SMILES string of the molecule is CC/C=C\C/C=C\C/C=C\C/C=C\C/C=C\CCCCCC(=O)O[C@H](COC(=O)CCCCCCC/C=C\CCCCCCCC)COP(=O)(O)OC[C@@H](O)COP(=O)(O)OC[C@@H](COC(=O)CCCCCCCCCCCCCCCCC)OC(=O)CCCCCCCCCCCCCCCCC. The average molecular weight is 1510 g/mol. The predicted octanol–water partition coefficient (Wildman–Crippen LogP) is 24.8. The Morgan fingerprint density at radius 3 is 0.788 bits per heavy atom. The Morgan fingerprint density at radius 2 is 0.500 bits per heavy atom. The van der Waals surface area contributed by atoms with Gasteiger partial charge in [-0.25, -0.2) is 9.13 Å². The zero-order valence-electron chi connectivity index (χ0n) is 66.5. The maximum Gasteiger partial charge on any atom is 0.472 e. The molecule has 0 aromatic carbocycles. The zero-order valence-corrected chi connectivity index (χ0v) is 68.2. The van der Waals surface area contributed by atoms with E-state index >= 15 is 0 Å². The fourth-order valence-electron chi connectivity index (χ4n) is 11.8. The van der Waals surface area contributed by atoms with Gasteiger partial charge in [-0.2, -0.15) is 0 Å². The van der Waals surface area contributed by atoms with E-state index in [1.165, 1.54) is 173 Å². The minimum Gasteiger partial charge on any atom is -0.462 e. The highest BCUT2D eigenvalue weighted by Gasteiger charge is 2.30. The third-order valence-electron chi connectivity index (χ3n) is 18.2. The smallest absolute Gasteiger partial charge is 0.462 e. The summed E-state index contributed by atoms with van der Waals surface area (Å²) in [5.74, 6) is -2.18. The summed E-state index contributed by atoms with van der Waals surface area (Å²) in [4.78, 5) is 73.1. The third kappa shape index (κ3) is 76.7. The summed E-state index contributed by atoms with van der Waals surface area (Å²) in [7, 11) is -9.96. The summed E-state index contributed by atoms with van der Waals surface area (Å²) in [5, 5.41) is 10.7. The van der Waals surface area contributed by atoms with Crippen molar-refractivity contribution in [3.8, 4) is 0 Å². The number of carbonyl (C=O) groups excluding carboxylic acids is 4. The third-order valence-corrected chi connectivity index (χ3v) is 20.1. The van der Waals surface area contributed by atoms with Gasteiger partial charge in [0, 0.05) is 25.7 Å². The molecule has 0 aliphatic carbocycles. The monoisotopic (exact) mass is 1510 g/mol. The van der Waals surface area contributed by atoms with Gasteiger partial charge in [0.2, 0.25) is 0 Å². The average Bonchev–Trinajstić information content (AvgIpc) is 0.943. The first-order valence-electron chi connectivity index (χ1n) is 42.2. The molecule has 0 amide bonds. The summed E-state index contributed by atoms with van der Waals surface area (Å²) < 4.78 is 68.7. The molecule has 0 spiro atoms. The maximum absolute atomic E-state index is 13.1. The summed E-state index contributed by atoms with van der Waals surface area (Å²) in [6.45, 7) is 4.81. The first-order valence-corrected chi connectivity index (χ1v) is 45.2. The van der Waals surface area contributed by atoms with Gasteiger partial charge in [-0.15, -0.1) is 0 Å². The van der Waals surface area contributed by atoms with E-state index in [1.807, 2.05) is 0 Å². The van der Waals surface area contributed by atoms with Crippen LogP contribution >= 0.6 is 15.6 Å². The molecule has 606 valence electrons. The first kappa shape index (κ1) is 100. The number of ether oxygens (including phenoxy) is 4. The highest BCUT2D eigenvalue weighted by Crippen LogP contribution is 2.45. The Labute approximate surface area is 634 Å². The number of unbranched alkanes of at least 4 members (excludes halogenated alkanes) is 42. The topological polar surface area (TPSA) is 237 Å². The standard InChI is InChI=1S/C85H154O17P2/c1-5-9-13-17-21-25-29-33-37-38-39-40-44-48-52-56-60-64-68-72-85(90)102-81(76-96-83(88)70-66-62-58-54-50-46-42-35-31-27-23-19-15-11-7-3)78-100-104(93,94)98-74-79(86)73-97-103(91,92)99-77-80(101-84(89)71-67-63-59-55-51-47-43-36-32-28-24-20-16-12-8-4)75-95-82(87)69-65-61-57-53-49-45-41-34-30-26-22-18-14-10-6-2/h9,13,21,25,33,35,37,39-40,42,48,52,79-81,86H,5-8,10-12,14-20,22-24,26-32,34,36,38,41,43-47,49-51,53-78H2,1-4H3,(H,91,92)(H,93,94)/b13-9-,25-21-,37-33-,40-39-,42-35-,52-48-/t79-,80+,81+/m0/s1. The molecule has 0 heterocycles. The van der Waals surface area contributed by atoms with E-state index in [1.54, 1.807) is 0 Å². The number of aliphatic hydroxyl groups is 1. The van der Waals surface area contributed by atoms with Crippen molar-refractivity contribution >= 4 is 39.5 Å². The lowest BCUT2D eigenvalue weighted by molar-refractivity contribution is -0.161. The second kappa shape index (κ2) is 77.7. The quantitative estimate of drug-likeness (QED) is 0.0169. The van der Waals surface area contributed by atoms with Crippen molar-refractivity contribution < 1.29 is 80.2 Å². The fourth-order valence-corrected chi connectivity index (χ4v) is 13.4. The van der Waals surface area contributed by atoms with Crippen LogP contribution in [0.1, 0.15) is 387 Å². The molecule has 5 atom stereocenters. The van der Waals surface area contributed by atoms with Crippen molar-refractivity contribution in [1.29, 1.82) is 0 Å². The van der Waals surface area contributed by atoms with Crippen molar-refractivity contribution in [1.82, 2.24) is 0 Å². The Hall–Kier alpha value is -3.50. The Morgan fingerprint density at radius 1 is 0.279 bits per heavy atom. The van der Waals surface area contributed by atoms with Crippen molar-refractivity contribution in [2.75, 3.05) is 39.6 Å². The molecule has 0 rings (SSSR count). The number of hydrogen-bond donors (Lipinski definition) is 3. The van der Waals surface area contributed by atoms with Gasteiger partial charge in [0.1, 0.15) is 19.3 Å². The van der Waals surface area contributed by atoms with Crippen LogP contribution in [0.5, 0.6) is 0 Å². The number of aliphatic hydroxyl groups excluding tert-OH is 1. The molecule has 0 aliphatic rings. The first-order chi connectivity index (χ1) is 50.7. The number of phosphoric ester groups is 2. The van der Waals surface area contributed by atoms with E-state index in [2.05, 4.69) is 101 Å². The van der Waals surface area contributed by atoms with Crippen LogP contribution in [0.4, 0.5) is 0 Å².